The van der Waals surface area contributed by atoms with Crippen molar-refractivity contribution >= 4 is 23.1 Å². The Hall–Kier alpha value is -1.28. The second kappa shape index (κ2) is 4.71. The predicted octanol–water partition coefficient (Wildman–Crippen LogP) is 3.63. The predicted molar refractivity (Wildman–Crippen MR) is 66.6 cm³/mol. The van der Waals surface area contributed by atoms with Crippen LogP contribution in [0.2, 0.25) is 5.02 Å². The zero-order valence-corrected chi connectivity index (χ0v) is 9.92. The van der Waals surface area contributed by atoms with E-state index in [1.807, 2.05) is 24.3 Å². The quantitative estimate of drug-likeness (QED) is 0.848. The molecule has 1 aliphatic rings. The highest BCUT2D eigenvalue weighted by Crippen LogP contribution is 2.23. The number of carbonyl (C=O) groups is 1. The van der Waals surface area contributed by atoms with Crippen molar-refractivity contribution in [2.75, 3.05) is 5.32 Å². The van der Waals surface area contributed by atoms with Crippen LogP contribution >= 0.6 is 11.6 Å². The minimum absolute atomic E-state index is 0.204. The maximum atomic E-state index is 11.4. The Morgan fingerprint density at radius 3 is 2.56 bits per heavy atom. The molecule has 0 saturated carbocycles. The van der Waals surface area contributed by atoms with Crippen LogP contribution in [0.5, 0.6) is 0 Å². The number of hydrogen-bond acceptors (Lipinski definition) is 2. The van der Waals surface area contributed by atoms with Gasteiger partial charge in [0.1, 0.15) is 0 Å². The Morgan fingerprint density at radius 2 is 1.94 bits per heavy atom. The highest BCUT2D eigenvalue weighted by Gasteiger charge is 2.16. The number of ketones is 1. The van der Waals surface area contributed by atoms with Gasteiger partial charge in [-0.1, -0.05) is 18.5 Å². The number of rotatable bonds is 2. The summed E-state index contributed by atoms with van der Waals surface area (Å²) in [4.78, 5) is 11.4. The Kier molecular flexibility index (Phi) is 3.30. The van der Waals surface area contributed by atoms with Gasteiger partial charge in [-0.2, -0.15) is 0 Å². The molecule has 0 saturated heterocycles. The minimum atomic E-state index is 0.204. The summed E-state index contributed by atoms with van der Waals surface area (Å²) < 4.78 is 0. The van der Waals surface area contributed by atoms with E-state index in [2.05, 4.69) is 12.2 Å². The van der Waals surface area contributed by atoms with E-state index in [1.165, 1.54) is 0 Å². The standard InChI is InChI=1S/C13H14ClNO/c1-9-6-12(8-13(16)7-9)15-11-4-2-10(14)3-5-11/h2-5,8-9,15H,6-7H2,1H3/t9-/m0/s1. The third-order valence-corrected chi connectivity index (χ3v) is 2.85. The number of benzene rings is 1. The minimum Gasteiger partial charge on any atom is -0.359 e. The first-order valence-electron chi connectivity index (χ1n) is 5.39. The van der Waals surface area contributed by atoms with Crippen LogP contribution in [0.3, 0.4) is 0 Å². The van der Waals surface area contributed by atoms with Gasteiger partial charge in [-0.05, 0) is 36.6 Å². The van der Waals surface area contributed by atoms with Crippen molar-refractivity contribution < 1.29 is 4.79 Å². The van der Waals surface area contributed by atoms with Gasteiger partial charge in [0.2, 0.25) is 0 Å². The van der Waals surface area contributed by atoms with Crippen molar-refractivity contribution in [1.29, 1.82) is 0 Å². The third kappa shape index (κ3) is 2.86. The van der Waals surface area contributed by atoms with Crippen molar-refractivity contribution in [3.8, 4) is 0 Å². The SMILES string of the molecule is C[C@@H]1CC(=O)C=C(Nc2ccc(Cl)cc2)C1. The van der Waals surface area contributed by atoms with Crippen LogP contribution in [0.25, 0.3) is 0 Å². The van der Waals surface area contributed by atoms with E-state index in [9.17, 15) is 4.79 Å². The second-order valence-corrected chi connectivity index (χ2v) is 4.72. The first kappa shape index (κ1) is 11.2. The number of halogens is 1. The van der Waals surface area contributed by atoms with Gasteiger partial charge >= 0.3 is 0 Å². The van der Waals surface area contributed by atoms with Crippen LogP contribution in [-0.2, 0) is 4.79 Å². The van der Waals surface area contributed by atoms with Gasteiger partial charge in [0.05, 0.1) is 0 Å². The molecule has 16 heavy (non-hydrogen) atoms. The van der Waals surface area contributed by atoms with Gasteiger partial charge in [0, 0.05) is 28.9 Å². The molecule has 0 fully saturated rings. The molecular formula is C13H14ClNO. The highest BCUT2D eigenvalue weighted by molar-refractivity contribution is 6.30. The summed E-state index contributed by atoms with van der Waals surface area (Å²) in [6.45, 7) is 2.09. The van der Waals surface area contributed by atoms with Gasteiger partial charge in [-0.3, -0.25) is 4.79 Å². The summed E-state index contributed by atoms with van der Waals surface area (Å²) in [5, 5.41) is 3.97. The largest absolute Gasteiger partial charge is 0.359 e. The lowest BCUT2D eigenvalue weighted by Gasteiger charge is -2.19. The molecule has 1 aromatic carbocycles. The molecule has 1 aliphatic carbocycles. The highest BCUT2D eigenvalue weighted by atomic mass is 35.5. The summed E-state index contributed by atoms with van der Waals surface area (Å²) in [7, 11) is 0. The molecule has 1 aromatic rings. The summed E-state index contributed by atoms with van der Waals surface area (Å²) >= 11 is 5.80. The zero-order valence-electron chi connectivity index (χ0n) is 9.16. The van der Waals surface area contributed by atoms with Crippen molar-refractivity contribution in [2.45, 2.75) is 19.8 Å². The van der Waals surface area contributed by atoms with Crippen molar-refractivity contribution in [1.82, 2.24) is 0 Å². The van der Waals surface area contributed by atoms with E-state index in [1.54, 1.807) is 6.08 Å². The average Bonchev–Trinajstić information content (AvgIpc) is 2.20. The second-order valence-electron chi connectivity index (χ2n) is 4.28. The Morgan fingerprint density at radius 1 is 1.25 bits per heavy atom. The van der Waals surface area contributed by atoms with E-state index >= 15 is 0 Å². The Labute approximate surface area is 100 Å². The zero-order chi connectivity index (χ0) is 11.5. The topological polar surface area (TPSA) is 29.1 Å². The molecule has 0 heterocycles. The molecule has 3 heteroatoms. The van der Waals surface area contributed by atoms with Crippen LogP contribution in [-0.4, -0.2) is 5.78 Å². The lowest BCUT2D eigenvalue weighted by molar-refractivity contribution is -0.115. The summed E-state index contributed by atoms with van der Waals surface area (Å²) in [5.74, 6) is 0.627. The molecule has 1 N–H and O–H groups in total. The number of anilines is 1. The van der Waals surface area contributed by atoms with E-state index in [-0.39, 0.29) is 5.78 Å². The lowest BCUT2D eigenvalue weighted by atomic mass is 9.93. The molecule has 0 amide bonds. The Balaban J connectivity index is 2.09. The molecule has 0 unspecified atom stereocenters. The van der Waals surface area contributed by atoms with Crippen LogP contribution < -0.4 is 5.32 Å². The molecule has 0 aliphatic heterocycles. The maximum absolute atomic E-state index is 11.4. The fraction of sp³-hybridized carbons (Fsp3) is 0.308. The van der Waals surface area contributed by atoms with Crippen molar-refractivity contribution in [3.05, 3.63) is 41.1 Å². The fourth-order valence-corrected chi connectivity index (χ4v) is 2.03. The monoisotopic (exact) mass is 235 g/mol. The fourth-order valence-electron chi connectivity index (χ4n) is 1.91. The number of hydrogen-bond donors (Lipinski definition) is 1. The van der Waals surface area contributed by atoms with Crippen LogP contribution in [0.15, 0.2) is 36.0 Å². The van der Waals surface area contributed by atoms with E-state index in [0.717, 1.165) is 17.8 Å². The number of nitrogens with one attached hydrogen (secondary N) is 1. The lowest BCUT2D eigenvalue weighted by Crippen LogP contribution is -2.15. The van der Waals surface area contributed by atoms with E-state index in [4.69, 9.17) is 11.6 Å². The first-order chi connectivity index (χ1) is 7.63. The molecule has 1 atom stereocenters. The molecular weight excluding hydrogens is 222 g/mol. The molecule has 0 bridgehead atoms. The summed E-state index contributed by atoms with van der Waals surface area (Å²) in [6.07, 6.45) is 3.29. The average molecular weight is 236 g/mol. The van der Waals surface area contributed by atoms with Crippen molar-refractivity contribution in [2.24, 2.45) is 5.92 Å². The smallest absolute Gasteiger partial charge is 0.157 e. The molecule has 84 valence electrons. The van der Waals surface area contributed by atoms with Gasteiger partial charge in [-0.15, -0.1) is 0 Å². The van der Waals surface area contributed by atoms with Gasteiger partial charge in [0.25, 0.3) is 0 Å². The van der Waals surface area contributed by atoms with E-state index in [0.29, 0.717) is 17.4 Å². The normalized spacial score (nSPS) is 20.5. The Bertz CT molecular complexity index is 422. The van der Waals surface area contributed by atoms with Crippen LogP contribution in [0.4, 0.5) is 5.69 Å². The molecule has 0 spiro atoms. The molecule has 0 aromatic heterocycles. The van der Waals surface area contributed by atoms with Crippen molar-refractivity contribution in [3.63, 3.8) is 0 Å². The van der Waals surface area contributed by atoms with Crippen LogP contribution in [0, 0.1) is 5.92 Å². The van der Waals surface area contributed by atoms with E-state index < -0.39 is 0 Å². The molecule has 2 rings (SSSR count). The van der Waals surface area contributed by atoms with Crippen LogP contribution in [0.1, 0.15) is 19.8 Å². The van der Waals surface area contributed by atoms with Gasteiger partial charge < -0.3 is 5.32 Å². The maximum Gasteiger partial charge on any atom is 0.157 e. The van der Waals surface area contributed by atoms with Gasteiger partial charge in [0.15, 0.2) is 5.78 Å². The molecule has 0 radical (unpaired) electrons. The number of carbonyl (C=O) groups excluding carboxylic acids is 1. The molecule has 2 nitrogen and oxygen atoms in total. The third-order valence-electron chi connectivity index (χ3n) is 2.60. The van der Waals surface area contributed by atoms with Gasteiger partial charge in [-0.25, -0.2) is 0 Å². The summed E-state index contributed by atoms with van der Waals surface area (Å²) in [5.41, 5.74) is 1.96. The summed E-state index contributed by atoms with van der Waals surface area (Å²) in [6, 6.07) is 7.48. The first-order valence-corrected chi connectivity index (χ1v) is 5.77. The number of allylic oxidation sites excluding steroid dienone is 2.